The zero-order valence-electron chi connectivity index (χ0n) is 8.13. The van der Waals surface area contributed by atoms with Crippen LogP contribution in [0.15, 0.2) is 12.1 Å². The van der Waals surface area contributed by atoms with Crippen molar-refractivity contribution in [3.05, 3.63) is 21.3 Å². The van der Waals surface area contributed by atoms with Crippen LogP contribution in [0.3, 0.4) is 0 Å². The highest BCUT2D eigenvalue weighted by Crippen LogP contribution is 2.40. The molecule has 14 heavy (non-hydrogen) atoms. The Morgan fingerprint density at radius 3 is 2.29 bits per heavy atom. The van der Waals surface area contributed by atoms with Crippen LogP contribution in [0.5, 0.6) is 0 Å². The van der Waals surface area contributed by atoms with Gasteiger partial charge in [-0.2, -0.15) is 0 Å². The van der Waals surface area contributed by atoms with Crippen molar-refractivity contribution in [2.24, 2.45) is 0 Å². The van der Waals surface area contributed by atoms with Gasteiger partial charge in [-0.05, 0) is 25.0 Å². The number of aliphatic hydroxyl groups is 1. The molecule has 1 nitrogen and oxygen atoms in total. The fourth-order valence-corrected chi connectivity index (χ4v) is 3.31. The lowest BCUT2D eigenvalue weighted by atomic mass is 9.93. The van der Waals surface area contributed by atoms with E-state index in [0.717, 1.165) is 34.9 Å². The smallest absolute Gasteiger partial charge is 0.0988 e. The largest absolute Gasteiger partial charge is 0.384 e. The molecule has 0 aliphatic heterocycles. The molecule has 0 aromatic carbocycles. The first-order valence-corrected chi connectivity index (χ1v) is 6.38. The molecule has 0 atom stereocenters. The lowest BCUT2D eigenvalue weighted by Gasteiger charge is -2.24. The summed E-state index contributed by atoms with van der Waals surface area (Å²) in [6.45, 7) is 0. The van der Waals surface area contributed by atoms with E-state index in [-0.39, 0.29) is 0 Å². The van der Waals surface area contributed by atoms with Crippen molar-refractivity contribution in [3.8, 4) is 0 Å². The molecule has 1 aliphatic rings. The van der Waals surface area contributed by atoms with E-state index in [4.69, 9.17) is 11.6 Å². The van der Waals surface area contributed by atoms with Crippen LogP contribution in [-0.2, 0) is 5.60 Å². The van der Waals surface area contributed by atoms with Gasteiger partial charge in [0.05, 0.1) is 9.94 Å². The van der Waals surface area contributed by atoms with Crippen LogP contribution in [-0.4, -0.2) is 5.11 Å². The highest BCUT2D eigenvalue weighted by atomic mass is 35.5. The van der Waals surface area contributed by atoms with Crippen molar-refractivity contribution in [3.63, 3.8) is 0 Å². The highest BCUT2D eigenvalue weighted by Gasteiger charge is 2.31. The van der Waals surface area contributed by atoms with Gasteiger partial charge in [0.25, 0.3) is 0 Å². The molecule has 0 amide bonds. The fourth-order valence-electron chi connectivity index (χ4n) is 2.12. The Morgan fingerprint density at radius 1 is 1.14 bits per heavy atom. The minimum absolute atomic E-state index is 0.589. The lowest BCUT2D eigenvalue weighted by Crippen LogP contribution is -2.23. The molecule has 78 valence electrons. The lowest BCUT2D eigenvalue weighted by molar-refractivity contribution is 0.0244. The highest BCUT2D eigenvalue weighted by molar-refractivity contribution is 7.16. The van der Waals surface area contributed by atoms with E-state index < -0.39 is 5.60 Å². The van der Waals surface area contributed by atoms with Gasteiger partial charge < -0.3 is 5.11 Å². The molecule has 1 N–H and O–H groups in total. The number of hydrogen-bond donors (Lipinski definition) is 1. The third-order valence-corrected chi connectivity index (χ3v) is 4.39. The SMILES string of the molecule is OC1(c2ccc(Cl)s2)CCCCCC1. The predicted octanol–water partition coefficient (Wildman–Crippen LogP) is 3.94. The minimum Gasteiger partial charge on any atom is -0.384 e. The molecule has 1 heterocycles. The molecule has 1 aromatic heterocycles. The molecular formula is C11H15ClOS. The average Bonchev–Trinajstić information content (AvgIpc) is 2.47. The first kappa shape index (κ1) is 10.5. The molecule has 3 heteroatoms. The minimum atomic E-state index is -0.589. The summed E-state index contributed by atoms with van der Waals surface area (Å²) in [6, 6.07) is 3.85. The van der Waals surface area contributed by atoms with Crippen LogP contribution in [0.2, 0.25) is 4.34 Å². The molecule has 1 aliphatic carbocycles. The van der Waals surface area contributed by atoms with E-state index >= 15 is 0 Å². The molecule has 1 fully saturated rings. The zero-order chi connectivity index (χ0) is 10.0. The molecule has 1 saturated carbocycles. The van der Waals surface area contributed by atoms with Crippen LogP contribution in [0.1, 0.15) is 43.4 Å². The second-order valence-electron chi connectivity index (χ2n) is 4.05. The topological polar surface area (TPSA) is 20.2 Å². The van der Waals surface area contributed by atoms with Crippen LogP contribution in [0.4, 0.5) is 0 Å². The monoisotopic (exact) mass is 230 g/mol. The summed E-state index contributed by atoms with van der Waals surface area (Å²) < 4.78 is 0.776. The standard InChI is InChI=1S/C11H15ClOS/c12-10-6-5-9(14-10)11(13)7-3-1-2-4-8-11/h5-6,13H,1-4,7-8H2. The molecule has 0 spiro atoms. The maximum atomic E-state index is 10.5. The number of thiophene rings is 1. The molecule has 2 rings (SSSR count). The average molecular weight is 231 g/mol. The van der Waals surface area contributed by atoms with Gasteiger partial charge >= 0.3 is 0 Å². The van der Waals surface area contributed by atoms with E-state index in [1.54, 1.807) is 0 Å². The summed E-state index contributed by atoms with van der Waals surface area (Å²) in [7, 11) is 0. The maximum Gasteiger partial charge on any atom is 0.0988 e. The maximum absolute atomic E-state index is 10.5. The van der Waals surface area contributed by atoms with Gasteiger partial charge in [0.1, 0.15) is 0 Å². The van der Waals surface area contributed by atoms with E-state index in [1.807, 2.05) is 12.1 Å². The Labute approximate surface area is 93.7 Å². The summed E-state index contributed by atoms with van der Waals surface area (Å²) in [4.78, 5) is 1.05. The van der Waals surface area contributed by atoms with Crippen LogP contribution in [0, 0.1) is 0 Å². The van der Waals surface area contributed by atoms with E-state index in [9.17, 15) is 5.11 Å². The molecule has 0 saturated heterocycles. The van der Waals surface area contributed by atoms with Crippen molar-refractivity contribution in [2.45, 2.75) is 44.1 Å². The Hall–Kier alpha value is -0.0500. The molecule has 0 unspecified atom stereocenters. The van der Waals surface area contributed by atoms with Crippen molar-refractivity contribution < 1.29 is 5.11 Å². The van der Waals surface area contributed by atoms with Crippen molar-refractivity contribution in [1.82, 2.24) is 0 Å². The first-order chi connectivity index (χ1) is 6.71. The second kappa shape index (κ2) is 4.21. The second-order valence-corrected chi connectivity index (χ2v) is 5.76. The number of hydrogen-bond acceptors (Lipinski definition) is 2. The van der Waals surface area contributed by atoms with Gasteiger partial charge in [0.15, 0.2) is 0 Å². The van der Waals surface area contributed by atoms with Crippen molar-refractivity contribution >= 4 is 22.9 Å². The summed E-state index contributed by atoms with van der Waals surface area (Å²) >= 11 is 7.41. The predicted molar refractivity (Wildman–Crippen MR) is 60.9 cm³/mol. The first-order valence-electron chi connectivity index (χ1n) is 5.19. The number of halogens is 1. The van der Waals surface area contributed by atoms with Gasteiger partial charge in [-0.15, -0.1) is 11.3 Å². The molecule has 0 radical (unpaired) electrons. The quantitative estimate of drug-likeness (QED) is 0.725. The third-order valence-electron chi connectivity index (χ3n) is 2.96. The van der Waals surface area contributed by atoms with E-state index in [0.29, 0.717) is 0 Å². The molecule has 0 bridgehead atoms. The Bertz CT molecular complexity index is 300. The van der Waals surface area contributed by atoms with Gasteiger partial charge in [0, 0.05) is 4.88 Å². The van der Waals surface area contributed by atoms with E-state index in [1.165, 1.54) is 24.2 Å². The normalized spacial score (nSPS) is 21.9. The summed E-state index contributed by atoms with van der Waals surface area (Å²) in [5.74, 6) is 0. The van der Waals surface area contributed by atoms with Gasteiger partial charge in [0.2, 0.25) is 0 Å². The van der Waals surface area contributed by atoms with E-state index in [2.05, 4.69) is 0 Å². The molecule has 1 aromatic rings. The zero-order valence-corrected chi connectivity index (χ0v) is 9.70. The van der Waals surface area contributed by atoms with Crippen LogP contribution >= 0.6 is 22.9 Å². The summed E-state index contributed by atoms with van der Waals surface area (Å²) in [5, 5.41) is 10.5. The van der Waals surface area contributed by atoms with Crippen LogP contribution in [0.25, 0.3) is 0 Å². The Kier molecular flexibility index (Phi) is 3.15. The fraction of sp³-hybridized carbons (Fsp3) is 0.636. The number of rotatable bonds is 1. The summed E-state index contributed by atoms with van der Waals surface area (Å²) in [5.41, 5.74) is -0.589. The van der Waals surface area contributed by atoms with Crippen molar-refractivity contribution in [1.29, 1.82) is 0 Å². The third kappa shape index (κ3) is 2.13. The van der Waals surface area contributed by atoms with Gasteiger partial charge in [-0.25, -0.2) is 0 Å². The Morgan fingerprint density at radius 2 is 1.79 bits per heavy atom. The molecular weight excluding hydrogens is 216 g/mol. The van der Waals surface area contributed by atoms with Gasteiger partial charge in [-0.1, -0.05) is 37.3 Å². The van der Waals surface area contributed by atoms with Gasteiger partial charge in [-0.3, -0.25) is 0 Å². The summed E-state index contributed by atoms with van der Waals surface area (Å²) in [6.07, 6.45) is 6.55. The van der Waals surface area contributed by atoms with Crippen molar-refractivity contribution in [2.75, 3.05) is 0 Å². The Balaban J connectivity index is 2.20. The van der Waals surface area contributed by atoms with Crippen LogP contribution < -0.4 is 0 Å².